The predicted octanol–water partition coefficient (Wildman–Crippen LogP) is 0.768. The maximum atomic E-state index is 12.7. The Kier molecular flexibility index (Phi) is 4.57. The molecule has 1 aliphatic heterocycles. The molecule has 0 unspecified atom stereocenters. The minimum atomic E-state index is -0.216. The summed E-state index contributed by atoms with van der Waals surface area (Å²) < 4.78 is 3.81. The van der Waals surface area contributed by atoms with Crippen LogP contribution in [0.15, 0.2) is 41.6 Å². The van der Waals surface area contributed by atoms with Gasteiger partial charge in [-0.05, 0) is 25.0 Å². The summed E-state index contributed by atoms with van der Waals surface area (Å²) in [5, 5.41) is 12.9. The molecule has 1 saturated heterocycles. The minimum absolute atomic E-state index is 0.0742. The van der Waals surface area contributed by atoms with Crippen molar-refractivity contribution in [2.45, 2.75) is 25.3 Å². The molecule has 0 aliphatic carbocycles. The smallest absolute Gasteiger partial charge is 0.255 e. The largest absolute Gasteiger partial charge is 0.338 e. The number of hydrogen-bond acceptors (Lipinski definition) is 5. The summed E-state index contributed by atoms with van der Waals surface area (Å²) in [6.07, 6.45) is 6.96. The zero-order valence-electron chi connectivity index (χ0n) is 15.1. The first-order valence-electron chi connectivity index (χ1n) is 8.95. The van der Waals surface area contributed by atoms with E-state index in [1.807, 2.05) is 28.8 Å². The van der Waals surface area contributed by atoms with Crippen LogP contribution in [0.3, 0.4) is 0 Å². The van der Waals surface area contributed by atoms with Crippen LogP contribution < -0.4 is 5.56 Å². The minimum Gasteiger partial charge on any atom is -0.338 e. The summed E-state index contributed by atoms with van der Waals surface area (Å²) in [7, 11) is 1.96. The Hall–Kier alpha value is -3.23. The first-order chi connectivity index (χ1) is 13.1. The van der Waals surface area contributed by atoms with Crippen molar-refractivity contribution in [2.24, 2.45) is 7.05 Å². The quantitative estimate of drug-likeness (QED) is 0.734. The van der Waals surface area contributed by atoms with Crippen molar-refractivity contribution >= 4 is 5.91 Å². The number of carbonyl (C=O) groups is 1. The zero-order chi connectivity index (χ0) is 18.8. The topological polar surface area (TPSA) is 102 Å². The van der Waals surface area contributed by atoms with Gasteiger partial charge in [-0.1, -0.05) is 0 Å². The third kappa shape index (κ3) is 3.53. The molecule has 140 valence electrons. The van der Waals surface area contributed by atoms with E-state index < -0.39 is 0 Å². The van der Waals surface area contributed by atoms with Crippen molar-refractivity contribution in [1.82, 2.24) is 34.4 Å². The average molecular weight is 367 g/mol. The normalized spacial score (nSPS) is 17.2. The van der Waals surface area contributed by atoms with Gasteiger partial charge in [0.2, 0.25) is 5.56 Å². The first kappa shape index (κ1) is 17.2. The molecule has 3 aromatic heterocycles. The molecule has 0 aromatic carbocycles. The molecule has 1 aliphatic rings. The van der Waals surface area contributed by atoms with Crippen LogP contribution in [0.1, 0.15) is 40.8 Å². The third-order valence-corrected chi connectivity index (χ3v) is 4.97. The second kappa shape index (κ2) is 7.18. The molecule has 1 fully saturated rings. The summed E-state index contributed by atoms with van der Waals surface area (Å²) in [6, 6.07) is 4.81. The number of piperidine rings is 1. The Labute approximate surface area is 155 Å². The van der Waals surface area contributed by atoms with Gasteiger partial charge in [0.25, 0.3) is 5.91 Å². The Bertz CT molecular complexity index is 969. The summed E-state index contributed by atoms with van der Waals surface area (Å²) in [6.45, 7) is 1.85. The molecular formula is C18H21N7O2. The molecule has 1 N–H and O–H groups in total. The van der Waals surface area contributed by atoms with Crippen molar-refractivity contribution in [3.63, 3.8) is 0 Å². The predicted molar refractivity (Wildman–Crippen MR) is 97.3 cm³/mol. The van der Waals surface area contributed by atoms with Gasteiger partial charge in [0.05, 0.1) is 5.56 Å². The molecule has 27 heavy (non-hydrogen) atoms. The fourth-order valence-electron chi connectivity index (χ4n) is 3.51. The number of hydrogen-bond donors (Lipinski definition) is 1. The van der Waals surface area contributed by atoms with Crippen LogP contribution in [-0.4, -0.2) is 53.4 Å². The van der Waals surface area contributed by atoms with E-state index in [-0.39, 0.29) is 17.4 Å². The van der Waals surface area contributed by atoms with E-state index in [4.69, 9.17) is 0 Å². The van der Waals surface area contributed by atoms with Crippen molar-refractivity contribution in [3.8, 4) is 0 Å². The SMILES string of the molecule is Cn1c(Cn2cccn2)nnc1[C@@H]1CCCN(C(=O)c2ccc(=O)[nH]c2)C1. The molecule has 1 atom stereocenters. The third-order valence-electron chi connectivity index (χ3n) is 4.97. The van der Waals surface area contributed by atoms with Crippen LogP contribution in [0.2, 0.25) is 0 Å². The van der Waals surface area contributed by atoms with E-state index in [0.29, 0.717) is 25.2 Å². The molecule has 4 rings (SSSR count). The average Bonchev–Trinajstić information content (AvgIpc) is 3.33. The second-order valence-electron chi connectivity index (χ2n) is 6.77. The molecule has 9 nitrogen and oxygen atoms in total. The standard InChI is InChI=1S/C18H21N7O2/c1-23-15(12-25-9-3-7-20-25)21-22-17(23)14-4-2-8-24(11-14)18(27)13-5-6-16(26)19-10-13/h3,5-7,9-10,14H,2,4,8,11-12H2,1H3,(H,19,26)/t14-/m1/s1. The number of carbonyl (C=O) groups excluding carboxylic acids is 1. The van der Waals surface area contributed by atoms with Crippen molar-refractivity contribution in [3.05, 3.63) is 64.4 Å². The number of aromatic nitrogens is 6. The van der Waals surface area contributed by atoms with Gasteiger partial charge in [-0.2, -0.15) is 5.10 Å². The molecule has 4 heterocycles. The number of amides is 1. The molecule has 0 radical (unpaired) electrons. The van der Waals surface area contributed by atoms with E-state index in [9.17, 15) is 9.59 Å². The number of rotatable bonds is 4. The fraction of sp³-hybridized carbons (Fsp3) is 0.389. The highest BCUT2D eigenvalue weighted by Crippen LogP contribution is 2.26. The first-order valence-corrected chi connectivity index (χ1v) is 8.95. The Morgan fingerprint density at radius 2 is 2.22 bits per heavy atom. The van der Waals surface area contributed by atoms with Gasteiger partial charge in [0.1, 0.15) is 12.4 Å². The van der Waals surface area contributed by atoms with Crippen LogP contribution in [0.25, 0.3) is 0 Å². The van der Waals surface area contributed by atoms with Gasteiger partial charge < -0.3 is 14.5 Å². The Morgan fingerprint density at radius 3 is 2.96 bits per heavy atom. The van der Waals surface area contributed by atoms with Gasteiger partial charge in [0.15, 0.2) is 5.82 Å². The maximum Gasteiger partial charge on any atom is 0.255 e. The van der Waals surface area contributed by atoms with Crippen LogP contribution in [0.5, 0.6) is 0 Å². The monoisotopic (exact) mass is 367 g/mol. The Balaban J connectivity index is 1.50. The number of nitrogens with one attached hydrogen (secondary N) is 1. The highest BCUT2D eigenvalue weighted by Gasteiger charge is 2.29. The van der Waals surface area contributed by atoms with Gasteiger partial charge in [0, 0.05) is 50.7 Å². The van der Waals surface area contributed by atoms with E-state index >= 15 is 0 Å². The van der Waals surface area contributed by atoms with Gasteiger partial charge in [-0.3, -0.25) is 14.3 Å². The second-order valence-corrected chi connectivity index (χ2v) is 6.77. The molecule has 0 bridgehead atoms. The van der Waals surface area contributed by atoms with E-state index in [1.165, 1.54) is 12.3 Å². The molecule has 0 saturated carbocycles. The lowest BCUT2D eigenvalue weighted by atomic mass is 9.96. The fourth-order valence-corrected chi connectivity index (χ4v) is 3.51. The number of H-pyrrole nitrogens is 1. The maximum absolute atomic E-state index is 12.7. The number of pyridine rings is 1. The van der Waals surface area contributed by atoms with Gasteiger partial charge in [-0.25, -0.2) is 0 Å². The summed E-state index contributed by atoms with van der Waals surface area (Å²) >= 11 is 0. The van der Waals surface area contributed by atoms with Gasteiger partial charge in [-0.15, -0.1) is 10.2 Å². The molecule has 0 spiro atoms. The summed E-state index contributed by atoms with van der Waals surface area (Å²) in [5.74, 6) is 1.78. The van der Waals surface area contributed by atoms with Gasteiger partial charge >= 0.3 is 0 Å². The van der Waals surface area contributed by atoms with Crippen LogP contribution in [0, 0.1) is 0 Å². The molecule has 1 amide bonds. The van der Waals surface area contributed by atoms with Crippen LogP contribution >= 0.6 is 0 Å². The number of likely N-dealkylation sites (tertiary alicyclic amines) is 1. The summed E-state index contributed by atoms with van der Waals surface area (Å²) in [5.41, 5.74) is 0.277. The number of aromatic amines is 1. The lowest BCUT2D eigenvalue weighted by Crippen LogP contribution is -2.40. The van der Waals surface area contributed by atoms with Crippen LogP contribution in [-0.2, 0) is 13.6 Å². The number of nitrogens with zero attached hydrogens (tertiary/aromatic N) is 6. The van der Waals surface area contributed by atoms with Crippen molar-refractivity contribution in [2.75, 3.05) is 13.1 Å². The summed E-state index contributed by atoms with van der Waals surface area (Å²) in [4.78, 5) is 28.3. The van der Waals surface area contributed by atoms with E-state index in [1.54, 1.807) is 16.9 Å². The lowest BCUT2D eigenvalue weighted by Gasteiger charge is -2.32. The molecule has 3 aromatic rings. The molecule has 9 heteroatoms. The van der Waals surface area contributed by atoms with Crippen molar-refractivity contribution in [1.29, 1.82) is 0 Å². The van der Waals surface area contributed by atoms with Crippen molar-refractivity contribution < 1.29 is 4.79 Å². The highest BCUT2D eigenvalue weighted by atomic mass is 16.2. The lowest BCUT2D eigenvalue weighted by molar-refractivity contribution is 0.0703. The molecular weight excluding hydrogens is 346 g/mol. The highest BCUT2D eigenvalue weighted by molar-refractivity contribution is 5.93. The zero-order valence-corrected chi connectivity index (χ0v) is 15.1. The van der Waals surface area contributed by atoms with Crippen LogP contribution in [0.4, 0.5) is 0 Å². The van der Waals surface area contributed by atoms with E-state index in [0.717, 1.165) is 24.5 Å². The van der Waals surface area contributed by atoms with E-state index in [2.05, 4.69) is 20.3 Å². The Morgan fingerprint density at radius 1 is 1.33 bits per heavy atom.